The van der Waals surface area contributed by atoms with E-state index in [4.69, 9.17) is 10.7 Å². The monoisotopic (exact) mass is 540 g/mol. The van der Waals surface area contributed by atoms with Crippen molar-refractivity contribution in [2.24, 2.45) is 7.05 Å². The number of rotatable bonds is 4. The summed E-state index contributed by atoms with van der Waals surface area (Å²) in [6.45, 7) is 1.76. The van der Waals surface area contributed by atoms with Crippen molar-refractivity contribution in [2.75, 3.05) is 5.73 Å². The van der Waals surface area contributed by atoms with Crippen LogP contribution in [0.4, 0.5) is 5.82 Å². The maximum atomic E-state index is 14.2. The van der Waals surface area contributed by atoms with Crippen molar-refractivity contribution in [2.45, 2.75) is 13.0 Å². The molecule has 0 aliphatic carbocycles. The number of aromatic nitrogens is 6. The molecule has 1 atom stereocenters. The normalized spacial score (nSPS) is 11.7. The lowest BCUT2D eigenvalue weighted by molar-refractivity contribution is 0.0940. The summed E-state index contributed by atoms with van der Waals surface area (Å²) in [4.78, 5) is 41.1. The predicted molar refractivity (Wildman–Crippen MR) is 156 cm³/mol. The van der Waals surface area contributed by atoms with Gasteiger partial charge in [-0.25, -0.2) is 9.97 Å². The van der Waals surface area contributed by atoms with Gasteiger partial charge in [0.25, 0.3) is 11.5 Å². The number of nitrogens with one attached hydrogen (secondary N) is 1. The highest BCUT2D eigenvalue weighted by molar-refractivity contribution is 6.09. The molecule has 10 nitrogen and oxygen atoms in total. The van der Waals surface area contributed by atoms with Gasteiger partial charge in [-0.2, -0.15) is 5.10 Å². The van der Waals surface area contributed by atoms with E-state index in [0.29, 0.717) is 44.6 Å². The number of aryl methyl sites for hydroxylation is 1. The van der Waals surface area contributed by atoms with Crippen LogP contribution in [0, 0.1) is 11.8 Å². The molecule has 0 fully saturated rings. The Kier molecular flexibility index (Phi) is 6.45. The molecule has 4 aromatic heterocycles. The summed E-state index contributed by atoms with van der Waals surface area (Å²) in [5, 5.41) is 8.30. The maximum Gasteiger partial charge on any atom is 0.267 e. The zero-order valence-corrected chi connectivity index (χ0v) is 22.2. The van der Waals surface area contributed by atoms with Crippen LogP contribution in [0.5, 0.6) is 0 Å². The van der Waals surface area contributed by atoms with Crippen molar-refractivity contribution >= 4 is 33.5 Å². The number of fused-ring (bicyclic) bond motifs is 2. The third-order valence-electron chi connectivity index (χ3n) is 6.61. The van der Waals surface area contributed by atoms with Gasteiger partial charge in [-0.05, 0) is 55.3 Å². The highest BCUT2D eigenvalue weighted by Gasteiger charge is 2.23. The molecule has 4 heterocycles. The van der Waals surface area contributed by atoms with Crippen LogP contribution in [0.25, 0.3) is 27.5 Å². The summed E-state index contributed by atoms with van der Waals surface area (Å²) in [5.41, 5.74) is 8.57. The van der Waals surface area contributed by atoms with Gasteiger partial charge >= 0.3 is 0 Å². The number of amides is 1. The van der Waals surface area contributed by atoms with Crippen molar-refractivity contribution < 1.29 is 4.79 Å². The fourth-order valence-electron chi connectivity index (χ4n) is 4.69. The Labute approximate surface area is 234 Å². The van der Waals surface area contributed by atoms with Crippen molar-refractivity contribution in [1.29, 1.82) is 0 Å². The first-order valence-electron chi connectivity index (χ1n) is 12.8. The van der Waals surface area contributed by atoms with E-state index in [9.17, 15) is 9.59 Å². The summed E-state index contributed by atoms with van der Waals surface area (Å²) in [7, 11) is 1.81. The first kappa shape index (κ1) is 25.5. The minimum Gasteiger partial charge on any atom is -0.383 e. The first-order chi connectivity index (χ1) is 19.9. The lowest BCUT2D eigenvalue weighted by atomic mass is 10.1. The lowest BCUT2D eigenvalue weighted by Gasteiger charge is -2.20. The smallest absolute Gasteiger partial charge is 0.267 e. The van der Waals surface area contributed by atoms with Gasteiger partial charge in [-0.1, -0.05) is 30.2 Å². The number of carbonyl (C=O) groups is 1. The average molecular weight is 541 g/mol. The molecule has 0 spiro atoms. The van der Waals surface area contributed by atoms with Gasteiger partial charge < -0.3 is 11.1 Å². The fourth-order valence-corrected chi connectivity index (χ4v) is 4.69. The van der Waals surface area contributed by atoms with Gasteiger partial charge in [0.15, 0.2) is 0 Å². The Bertz CT molecular complexity index is 2070. The summed E-state index contributed by atoms with van der Waals surface area (Å²) in [6.07, 6.45) is 4.97. The molecule has 41 heavy (non-hydrogen) atoms. The molecule has 1 amide bonds. The summed E-state index contributed by atoms with van der Waals surface area (Å²) >= 11 is 0. The van der Waals surface area contributed by atoms with Gasteiger partial charge in [0.05, 0.1) is 28.1 Å². The standard InChI is InChI=1S/C31H24N8O2/c1-19(35-30(40)26-27-21(9-7-16-33-27)18-34-28(26)32)29-36-24-12-6-8-20(13-14-22-15-17-38(2)37-22)25(24)31(41)39(29)23-10-4-3-5-11-23/h3-12,15-19H,1-2H3,(H2,32,34)(H,35,40). The van der Waals surface area contributed by atoms with Gasteiger partial charge in [0.1, 0.15) is 22.9 Å². The fraction of sp³-hybridized carbons (Fsp3) is 0.0968. The summed E-state index contributed by atoms with van der Waals surface area (Å²) in [5.74, 6) is 6.04. The molecule has 10 heteroatoms. The topological polar surface area (TPSA) is 134 Å². The molecule has 0 bridgehead atoms. The molecular formula is C31H24N8O2. The summed E-state index contributed by atoms with van der Waals surface area (Å²) < 4.78 is 3.17. The number of nitrogens with zero attached hydrogens (tertiary/aromatic N) is 6. The van der Waals surface area contributed by atoms with E-state index in [-0.39, 0.29) is 16.9 Å². The van der Waals surface area contributed by atoms with Crippen LogP contribution in [-0.2, 0) is 7.05 Å². The molecule has 3 N–H and O–H groups in total. The third kappa shape index (κ3) is 4.77. The lowest BCUT2D eigenvalue weighted by Crippen LogP contribution is -2.34. The number of para-hydroxylation sites is 1. The number of hydrogen-bond acceptors (Lipinski definition) is 7. The van der Waals surface area contributed by atoms with Crippen molar-refractivity contribution in [3.63, 3.8) is 0 Å². The van der Waals surface area contributed by atoms with Crippen molar-refractivity contribution in [1.82, 2.24) is 34.6 Å². The second-order valence-corrected chi connectivity index (χ2v) is 9.43. The van der Waals surface area contributed by atoms with Crippen LogP contribution in [0.2, 0.25) is 0 Å². The van der Waals surface area contributed by atoms with Crippen molar-refractivity contribution in [3.8, 4) is 17.5 Å². The first-order valence-corrected chi connectivity index (χ1v) is 12.8. The van der Waals surface area contributed by atoms with Gasteiger partial charge in [0, 0.05) is 36.6 Å². The molecular weight excluding hydrogens is 516 g/mol. The number of benzene rings is 2. The summed E-state index contributed by atoms with van der Waals surface area (Å²) in [6, 6.07) is 19.2. The molecule has 0 saturated heterocycles. The molecule has 0 aliphatic heterocycles. The van der Waals surface area contributed by atoms with Crippen LogP contribution in [0.3, 0.4) is 0 Å². The van der Waals surface area contributed by atoms with Crippen LogP contribution in [0.15, 0.2) is 90.1 Å². The van der Waals surface area contributed by atoms with E-state index in [1.807, 2.05) is 37.4 Å². The van der Waals surface area contributed by atoms with E-state index in [1.54, 1.807) is 66.6 Å². The Morgan fingerprint density at radius 1 is 1.00 bits per heavy atom. The quantitative estimate of drug-likeness (QED) is 0.327. The minimum absolute atomic E-state index is 0.0592. The van der Waals surface area contributed by atoms with Crippen molar-refractivity contribution in [3.05, 3.63) is 118 Å². The van der Waals surface area contributed by atoms with Gasteiger partial charge in [0.2, 0.25) is 0 Å². The van der Waals surface area contributed by atoms with E-state index in [0.717, 1.165) is 0 Å². The zero-order valence-electron chi connectivity index (χ0n) is 22.2. The van der Waals surface area contributed by atoms with Crippen LogP contribution >= 0.6 is 0 Å². The highest BCUT2D eigenvalue weighted by atomic mass is 16.2. The minimum atomic E-state index is -0.693. The third-order valence-corrected chi connectivity index (χ3v) is 6.61. The molecule has 0 aliphatic rings. The van der Waals surface area contributed by atoms with Crippen LogP contribution < -0.4 is 16.6 Å². The Balaban J connectivity index is 1.48. The molecule has 200 valence electrons. The molecule has 2 aromatic carbocycles. The van der Waals surface area contributed by atoms with Crippen LogP contribution in [0.1, 0.15) is 40.4 Å². The van der Waals surface area contributed by atoms with Gasteiger partial charge in [-0.15, -0.1) is 0 Å². The Morgan fingerprint density at radius 2 is 1.83 bits per heavy atom. The zero-order chi connectivity index (χ0) is 28.5. The number of anilines is 1. The molecule has 1 unspecified atom stereocenters. The second-order valence-electron chi connectivity index (χ2n) is 9.43. The van der Waals surface area contributed by atoms with E-state index in [1.165, 1.54) is 4.57 Å². The number of nitrogens with two attached hydrogens (primary N) is 1. The van der Waals surface area contributed by atoms with E-state index in [2.05, 4.69) is 32.2 Å². The van der Waals surface area contributed by atoms with Crippen LogP contribution in [-0.4, -0.2) is 35.2 Å². The maximum absolute atomic E-state index is 14.2. The Hall–Kier alpha value is -5.82. The number of nitrogen functional groups attached to an aromatic ring is 1. The largest absolute Gasteiger partial charge is 0.383 e. The number of carbonyl (C=O) groups excluding carboxylic acids is 1. The number of hydrogen-bond donors (Lipinski definition) is 2. The highest BCUT2D eigenvalue weighted by Crippen LogP contribution is 2.23. The SMILES string of the molecule is CC(NC(=O)c1c(N)ncc2cccnc12)c1nc2cccc(C#Cc3ccn(C)n3)c2c(=O)n1-c1ccccc1. The van der Waals surface area contributed by atoms with E-state index >= 15 is 0 Å². The Morgan fingerprint density at radius 3 is 2.61 bits per heavy atom. The molecule has 0 radical (unpaired) electrons. The van der Waals surface area contributed by atoms with Gasteiger partial charge in [-0.3, -0.25) is 23.8 Å². The van der Waals surface area contributed by atoms with E-state index < -0.39 is 11.9 Å². The second kappa shape index (κ2) is 10.4. The predicted octanol–water partition coefficient (Wildman–Crippen LogP) is 3.54. The molecule has 0 saturated carbocycles. The molecule has 6 rings (SSSR count). The molecule has 6 aromatic rings. The average Bonchev–Trinajstić information content (AvgIpc) is 3.40. The number of pyridine rings is 2.